The largest absolute Gasteiger partial charge is 0.507 e. The highest BCUT2D eigenvalue weighted by Gasteiger charge is 2.11. The van der Waals surface area contributed by atoms with Gasteiger partial charge in [0, 0.05) is 17.2 Å². The first-order valence-corrected chi connectivity index (χ1v) is 4.44. The molecule has 14 heavy (non-hydrogen) atoms. The minimum atomic E-state index is -0.382. The molecule has 2 nitrogen and oxygen atoms in total. The van der Waals surface area contributed by atoms with E-state index >= 15 is 0 Å². The van der Waals surface area contributed by atoms with Gasteiger partial charge in [-0.2, -0.15) is 0 Å². The van der Waals surface area contributed by atoms with Gasteiger partial charge < -0.3 is 10.8 Å². The summed E-state index contributed by atoms with van der Waals surface area (Å²) in [4.78, 5) is 0. The van der Waals surface area contributed by atoms with E-state index in [1.165, 1.54) is 12.1 Å². The lowest BCUT2D eigenvalue weighted by Gasteiger charge is -2.11. The number of benzene rings is 1. The Morgan fingerprint density at radius 1 is 1.64 bits per heavy atom. The Morgan fingerprint density at radius 3 is 2.79 bits per heavy atom. The second-order valence-electron chi connectivity index (χ2n) is 3.28. The number of hydrogen-bond acceptors (Lipinski definition) is 2. The summed E-state index contributed by atoms with van der Waals surface area (Å²) in [7, 11) is 0. The van der Waals surface area contributed by atoms with Gasteiger partial charge in [0.1, 0.15) is 11.6 Å². The second-order valence-corrected chi connectivity index (χ2v) is 3.28. The Balaban J connectivity index is 3.24. The molecule has 0 fully saturated rings. The first kappa shape index (κ1) is 10.7. The van der Waals surface area contributed by atoms with Crippen molar-refractivity contribution in [1.29, 1.82) is 0 Å². The Bertz CT molecular complexity index is 347. The molecule has 3 heteroatoms. The summed E-state index contributed by atoms with van der Waals surface area (Å²) in [5, 5.41) is 9.72. The predicted molar refractivity (Wildman–Crippen MR) is 54.6 cm³/mol. The van der Waals surface area contributed by atoms with Gasteiger partial charge in [0.2, 0.25) is 0 Å². The number of halogens is 1. The molecule has 0 radical (unpaired) electrons. The predicted octanol–water partition coefficient (Wildman–Crippen LogP) is 2.28. The third-order valence-corrected chi connectivity index (χ3v) is 2.04. The van der Waals surface area contributed by atoms with Crippen LogP contribution < -0.4 is 5.73 Å². The molecule has 1 aromatic rings. The third-order valence-electron chi connectivity index (χ3n) is 2.04. The molecule has 0 aliphatic rings. The molecule has 76 valence electrons. The standard InChI is InChI=1S/C11H14FNO/c1-3-4-8-5-9(12)6-10(7(2)13)11(8)14/h3,5-7,14H,1,4,13H2,2H3/t7-/m1/s1. The van der Waals surface area contributed by atoms with Crippen molar-refractivity contribution in [1.82, 2.24) is 0 Å². The maximum Gasteiger partial charge on any atom is 0.124 e. The topological polar surface area (TPSA) is 46.2 Å². The molecule has 0 saturated carbocycles. The average molecular weight is 195 g/mol. The number of nitrogens with two attached hydrogens (primary N) is 1. The number of phenolic OH excluding ortho intramolecular Hbond substituents is 1. The lowest BCUT2D eigenvalue weighted by atomic mass is 10.0. The lowest BCUT2D eigenvalue weighted by molar-refractivity contribution is 0.455. The van der Waals surface area contributed by atoms with Crippen LogP contribution in [0, 0.1) is 5.82 Å². The van der Waals surface area contributed by atoms with E-state index in [0.29, 0.717) is 17.5 Å². The molecule has 3 N–H and O–H groups in total. The van der Waals surface area contributed by atoms with Crippen LogP contribution in [-0.2, 0) is 6.42 Å². The lowest BCUT2D eigenvalue weighted by Crippen LogP contribution is -2.06. The molecule has 0 spiro atoms. The Hall–Kier alpha value is -1.35. The molecule has 1 rings (SSSR count). The van der Waals surface area contributed by atoms with Crippen LogP contribution in [0.25, 0.3) is 0 Å². The minimum absolute atomic E-state index is 0.0706. The van der Waals surface area contributed by atoms with Crippen molar-refractivity contribution in [3.05, 3.63) is 41.7 Å². The van der Waals surface area contributed by atoms with Crippen molar-refractivity contribution >= 4 is 0 Å². The SMILES string of the molecule is C=CCc1cc(F)cc([C@@H](C)N)c1O. The number of phenols is 1. The van der Waals surface area contributed by atoms with Crippen molar-refractivity contribution in [2.75, 3.05) is 0 Å². The number of aromatic hydroxyl groups is 1. The molecule has 1 atom stereocenters. The van der Waals surface area contributed by atoms with Crippen LogP contribution in [0.2, 0.25) is 0 Å². The molecule has 0 aliphatic heterocycles. The quantitative estimate of drug-likeness (QED) is 0.727. The van der Waals surface area contributed by atoms with Gasteiger partial charge in [0.15, 0.2) is 0 Å². The van der Waals surface area contributed by atoms with E-state index < -0.39 is 0 Å². The Morgan fingerprint density at radius 2 is 2.29 bits per heavy atom. The fourth-order valence-corrected chi connectivity index (χ4v) is 1.34. The summed E-state index contributed by atoms with van der Waals surface area (Å²) in [6.07, 6.45) is 2.04. The summed E-state index contributed by atoms with van der Waals surface area (Å²) >= 11 is 0. The van der Waals surface area contributed by atoms with Crippen LogP contribution in [-0.4, -0.2) is 5.11 Å². The van der Waals surface area contributed by atoms with Crippen LogP contribution in [0.15, 0.2) is 24.8 Å². The highest BCUT2D eigenvalue weighted by molar-refractivity contribution is 5.43. The molecular weight excluding hydrogens is 181 g/mol. The maximum atomic E-state index is 13.1. The summed E-state index contributed by atoms with van der Waals surface area (Å²) in [6.45, 7) is 5.24. The van der Waals surface area contributed by atoms with E-state index in [1.807, 2.05) is 0 Å². The van der Waals surface area contributed by atoms with Crippen LogP contribution >= 0.6 is 0 Å². The third kappa shape index (κ3) is 2.12. The van der Waals surface area contributed by atoms with Gasteiger partial charge in [-0.25, -0.2) is 4.39 Å². The molecule has 0 heterocycles. The van der Waals surface area contributed by atoms with E-state index in [4.69, 9.17) is 5.73 Å². The molecule has 0 aliphatic carbocycles. The molecule has 1 aromatic carbocycles. The Labute approximate surface area is 82.9 Å². The second kappa shape index (κ2) is 4.24. The summed E-state index contributed by atoms with van der Waals surface area (Å²) in [6, 6.07) is 2.17. The first-order valence-electron chi connectivity index (χ1n) is 4.44. The van der Waals surface area contributed by atoms with Crippen molar-refractivity contribution in [3.8, 4) is 5.75 Å². The van der Waals surface area contributed by atoms with Crippen molar-refractivity contribution < 1.29 is 9.50 Å². The Kier molecular flexibility index (Phi) is 3.25. The minimum Gasteiger partial charge on any atom is -0.507 e. The first-order chi connectivity index (χ1) is 6.56. The van der Waals surface area contributed by atoms with E-state index in [-0.39, 0.29) is 17.6 Å². The monoisotopic (exact) mass is 195 g/mol. The molecule has 0 bridgehead atoms. The van der Waals surface area contributed by atoms with E-state index in [1.54, 1.807) is 13.0 Å². The molecule has 0 saturated heterocycles. The molecule has 0 amide bonds. The van der Waals surface area contributed by atoms with Gasteiger partial charge in [0.05, 0.1) is 0 Å². The zero-order chi connectivity index (χ0) is 10.7. The smallest absolute Gasteiger partial charge is 0.124 e. The fraction of sp³-hybridized carbons (Fsp3) is 0.273. The summed E-state index contributed by atoms with van der Waals surface area (Å²) in [5.41, 5.74) is 6.55. The highest BCUT2D eigenvalue weighted by Crippen LogP contribution is 2.28. The maximum absolute atomic E-state index is 13.1. The van der Waals surface area contributed by atoms with Gasteiger partial charge in [-0.15, -0.1) is 6.58 Å². The van der Waals surface area contributed by atoms with Crippen LogP contribution in [0.1, 0.15) is 24.1 Å². The van der Waals surface area contributed by atoms with E-state index in [9.17, 15) is 9.50 Å². The zero-order valence-corrected chi connectivity index (χ0v) is 8.13. The zero-order valence-electron chi connectivity index (χ0n) is 8.13. The summed E-state index contributed by atoms with van der Waals surface area (Å²) in [5.74, 6) is -0.312. The molecule has 0 aromatic heterocycles. The van der Waals surface area contributed by atoms with E-state index in [0.717, 1.165) is 0 Å². The van der Waals surface area contributed by atoms with Gasteiger partial charge >= 0.3 is 0 Å². The normalized spacial score (nSPS) is 12.5. The van der Waals surface area contributed by atoms with Gasteiger partial charge in [-0.3, -0.25) is 0 Å². The van der Waals surface area contributed by atoms with Crippen molar-refractivity contribution in [3.63, 3.8) is 0 Å². The molecular formula is C11H14FNO. The number of rotatable bonds is 3. The van der Waals surface area contributed by atoms with Crippen LogP contribution in [0.4, 0.5) is 4.39 Å². The highest BCUT2D eigenvalue weighted by atomic mass is 19.1. The molecule has 0 unspecified atom stereocenters. The van der Waals surface area contributed by atoms with Crippen LogP contribution in [0.5, 0.6) is 5.75 Å². The average Bonchev–Trinajstić information content (AvgIpc) is 2.10. The summed E-state index contributed by atoms with van der Waals surface area (Å²) < 4.78 is 13.1. The van der Waals surface area contributed by atoms with Crippen LogP contribution in [0.3, 0.4) is 0 Å². The van der Waals surface area contributed by atoms with E-state index in [2.05, 4.69) is 6.58 Å². The van der Waals surface area contributed by atoms with Crippen molar-refractivity contribution in [2.45, 2.75) is 19.4 Å². The number of hydrogen-bond donors (Lipinski definition) is 2. The van der Waals surface area contributed by atoms with Gasteiger partial charge in [0.25, 0.3) is 0 Å². The van der Waals surface area contributed by atoms with Gasteiger partial charge in [-0.05, 0) is 25.5 Å². The number of allylic oxidation sites excluding steroid dienone is 1. The van der Waals surface area contributed by atoms with Gasteiger partial charge in [-0.1, -0.05) is 6.08 Å². The fourth-order valence-electron chi connectivity index (χ4n) is 1.34. The van der Waals surface area contributed by atoms with Crippen molar-refractivity contribution in [2.24, 2.45) is 5.73 Å².